The van der Waals surface area contributed by atoms with Crippen LogP contribution in [0.3, 0.4) is 0 Å². The smallest absolute Gasteiger partial charge is 0.534 e. The molecule has 6 nitrogen and oxygen atoms in total. The van der Waals surface area contributed by atoms with Crippen LogP contribution < -0.4 is 9.97 Å². The minimum Gasteiger partial charge on any atom is -0.534 e. The highest BCUT2D eigenvalue weighted by Gasteiger charge is 2.37. The maximum atomic E-state index is 11.1. The Labute approximate surface area is 114 Å². The minimum atomic E-state index is -1.30. The van der Waals surface area contributed by atoms with Gasteiger partial charge in [0.1, 0.15) is 11.3 Å². The van der Waals surface area contributed by atoms with Gasteiger partial charge in [0, 0.05) is 11.9 Å². The second-order valence-corrected chi connectivity index (χ2v) is 4.70. The molecule has 1 aromatic carbocycles. The lowest BCUT2D eigenvalue weighted by atomic mass is 9.72. The molecule has 0 aromatic heterocycles. The summed E-state index contributed by atoms with van der Waals surface area (Å²) in [7, 11) is -1.30. The standard InChI is InChI=1S/C11H11BClNO5/c1-5(15)14-9-3-6-2-7(13)4-8(11(16)17)10(6)19-12(9)18/h2,4,9,18H,3H2,1H3,(H,14,15)(H,16,17). The second-order valence-electron chi connectivity index (χ2n) is 4.27. The fourth-order valence-corrected chi connectivity index (χ4v) is 2.26. The quantitative estimate of drug-likeness (QED) is 0.687. The first-order valence-electron chi connectivity index (χ1n) is 5.56. The summed E-state index contributed by atoms with van der Waals surface area (Å²) in [4.78, 5) is 22.1. The summed E-state index contributed by atoms with van der Waals surface area (Å²) in [6, 6.07) is 2.82. The number of halogens is 1. The van der Waals surface area contributed by atoms with Crippen LogP contribution in [0.4, 0.5) is 0 Å². The number of nitrogens with one attached hydrogen (secondary N) is 1. The molecule has 1 unspecified atom stereocenters. The van der Waals surface area contributed by atoms with Gasteiger partial charge in [0.05, 0.1) is 5.94 Å². The number of benzene rings is 1. The van der Waals surface area contributed by atoms with Crippen molar-refractivity contribution in [1.82, 2.24) is 5.32 Å². The molecule has 1 atom stereocenters. The van der Waals surface area contributed by atoms with Gasteiger partial charge in [-0.25, -0.2) is 4.79 Å². The SMILES string of the molecule is CC(=O)NC1Cc2cc(Cl)cc(C(=O)O)c2OB1O. The van der Waals surface area contributed by atoms with Gasteiger partial charge in [-0.2, -0.15) is 0 Å². The van der Waals surface area contributed by atoms with Crippen molar-refractivity contribution < 1.29 is 24.4 Å². The van der Waals surface area contributed by atoms with Crippen LogP contribution in [0.25, 0.3) is 0 Å². The van der Waals surface area contributed by atoms with Gasteiger partial charge in [-0.05, 0) is 24.1 Å². The third-order valence-corrected chi connectivity index (χ3v) is 2.99. The predicted octanol–water partition coefficient (Wildman–Crippen LogP) is 0.497. The Morgan fingerprint density at radius 2 is 2.21 bits per heavy atom. The third kappa shape index (κ3) is 2.82. The summed E-state index contributed by atoms with van der Waals surface area (Å²) in [5.41, 5.74) is 0.428. The highest BCUT2D eigenvalue weighted by molar-refractivity contribution is 6.47. The molecule has 2 rings (SSSR count). The Hall–Kier alpha value is -1.73. The average molecular weight is 283 g/mol. The number of carbonyl (C=O) groups excluding carboxylic acids is 1. The molecule has 1 heterocycles. The lowest BCUT2D eigenvalue weighted by Gasteiger charge is -2.28. The lowest BCUT2D eigenvalue weighted by Crippen LogP contribution is -2.52. The van der Waals surface area contributed by atoms with Crippen LogP contribution in [0.2, 0.25) is 5.02 Å². The lowest BCUT2D eigenvalue weighted by molar-refractivity contribution is -0.119. The molecule has 0 spiro atoms. The number of amides is 1. The van der Waals surface area contributed by atoms with Gasteiger partial charge in [-0.15, -0.1) is 0 Å². The highest BCUT2D eigenvalue weighted by Crippen LogP contribution is 2.33. The van der Waals surface area contributed by atoms with Crippen LogP contribution >= 0.6 is 11.6 Å². The van der Waals surface area contributed by atoms with E-state index in [4.69, 9.17) is 21.4 Å². The number of aromatic carboxylic acids is 1. The van der Waals surface area contributed by atoms with Crippen LogP contribution in [-0.2, 0) is 11.2 Å². The first-order chi connectivity index (χ1) is 8.88. The Morgan fingerprint density at radius 1 is 1.53 bits per heavy atom. The van der Waals surface area contributed by atoms with E-state index >= 15 is 0 Å². The summed E-state index contributed by atoms with van der Waals surface area (Å²) < 4.78 is 5.19. The summed E-state index contributed by atoms with van der Waals surface area (Å²) in [6.07, 6.45) is 0.247. The summed E-state index contributed by atoms with van der Waals surface area (Å²) in [5.74, 6) is -2.04. The molecule has 0 bridgehead atoms. The van der Waals surface area contributed by atoms with E-state index < -0.39 is 19.0 Å². The van der Waals surface area contributed by atoms with E-state index in [0.29, 0.717) is 5.56 Å². The number of hydrogen-bond donors (Lipinski definition) is 3. The van der Waals surface area contributed by atoms with E-state index in [9.17, 15) is 14.6 Å². The van der Waals surface area contributed by atoms with Gasteiger partial charge in [0.2, 0.25) is 5.91 Å². The van der Waals surface area contributed by atoms with Crippen molar-refractivity contribution in [3.8, 4) is 5.75 Å². The normalized spacial score (nSPS) is 17.4. The molecule has 0 saturated carbocycles. The van der Waals surface area contributed by atoms with Gasteiger partial charge in [0.25, 0.3) is 0 Å². The molecule has 0 fully saturated rings. The van der Waals surface area contributed by atoms with Gasteiger partial charge < -0.3 is 20.1 Å². The number of carboxylic acid groups (broad SMARTS) is 1. The summed E-state index contributed by atoms with van der Waals surface area (Å²) in [5, 5.41) is 21.6. The zero-order valence-corrected chi connectivity index (χ0v) is 10.8. The maximum Gasteiger partial charge on any atom is 0.547 e. The molecule has 1 aromatic rings. The van der Waals surface area contributed by atoms with Crippen LogP contribution in [0, 0.1) is 0 Å². The van der Waals surface area contributed by atoms with Crippen molar-refractivity contribution in [2.24, 2.45) is 0 Å². The zero-order valence-electron chi connectivity index (χ0n) is 10.0. The molecule has 0 aliphatic carbocycles. The number of carbonyl (C=O) groups is 2. The molecular weight excluding hydrogens is 272 g/mol. The highest BCUT2D eigenvalue weighted by atomic mass is 35.5. The molecule has 1 aliphatic heterocycles. The van der Waals surface area contributed by atoms with Crippen LogP contribution in [0.15, 0.2) is 12.1 Å². The van der Waals surface area contributed by atoms with Crippen molar-refractivity contribution in [3.05, 3.63) is 28.3 Å². The molecule has 3 N–H and O–H groups in total. The van der Waals surface area contributed by atoms with Crippen LogP contribution in [-0.4, -0.2) is 35.1 Å². The maximum absolute atomic E-state index is 11.1. The number of hydrogen-bond acceptors (Lipinski definition) is 4. The number of carboxylic acids is 1. The molecule has 0 radical (unpaired) electrons. The predicted molar refractivity (Wildman–Crippen MR) is 68.3 cm³/mol. The largest absolute Gasteiger partial charge is 0.547 e. The fraction of sp³-hybridized carbons (Fsp3) is 0.273. The summed E-state index contributed by atoms with van der Waals surface area (Å²) in [6.45, 7) is 1.32. The van der Waals surface area contributed by atoms with E-state index in [1.807, 2.05) is 0 Å². The van der Waals surface area contributed by atoms with Crippen molar-refractivity contribution in [3.63, 3.8) is 0 Å². The molecule has 19 heavy (non-hydrogen) atoms. The Kier molecular flexibility index (Phi) is 3.68. The Balaban J connectivity index is 2.40. The van der Waals surface area contributed by atoms with Gasteiger partial charge in [-0.3, -0.25) is 4.79 Å². The zero-order chi connectivity index (χ0) is 14.2. The van der Waals surface area contributed by atoms with Crippen LogP contribution in [0.1, 0.15) is 22.8 Å². The molecule has 0 saturated heterocycles. The average Bonchev–Trinajstić information content (AvgIpc) is 2.29. The number of fused-ring (bicyclic) bond motifs is 1. The van der Waals surface area contributed by atoms with Crippen molar-refractivity contribution in [2.75, 3.05) is 0 Å². The fourth-order valence-electron chi connectivity index (χ4n) is 2.02. The first-order valence-corrected chi connectivity index (χ1v) is 5.94. The molecule has 1 aliphatic rings. The van der Waals surface area contributed by atoms with Crippen molar-refractivity contribution in [2.45, 2.75) is 19.3 Å². The van der Waals surface area contributed by atoms with Crippen molar-refractivity contribution >= 4 is 30.6 Å². The van der Waals surface area contributed by atoms with E-state index in [1.165, 1.54) is 13.0 Å². The van der Waals surface area contributed by atoms with Gasteiger partial charge in [-0.1, -0.05) is 11.6 Å². The van der Waals surface area contributed by atoms with Crippen LogP contribution in [0.5, 0.6) is 5.75 Å². The molecular formula is C11H11BClNO5. The Morgan fingerprint density at radius 3 is 2.79 bits per heavy atom. The Bertz CT molecular complexity index is 550. The topological polar surface area (TPSA) is 95.9 Å². The molecule has 100 valence electrons. The summed E-state index contributed by atoms with van der Waals surface area (Å²) >= 11 is 5.85. The first kappa shape index (κ1) is 13.7. The number of rotatable bonds is 2. The monoisotopic (exact) mass is 283 g/mol. The van der Waals surface area contributed by atoms with Gasteiger partial charge >= 0.3 is 13.1 Å². The van der Waals surface area contributed by atoms with Gasteiger partial charge in [0.15, 0.2) is 0 Å². The molecule has 8 heteroatoms. The van der Waals surface area contributed by atoms with Crippen molar-refractivity contribution in [1.29, 1.82) is 0 Å². The van der Waals surface area contributed by atoms with E-state index in [0.717, 1.165) is 0 Å². The third-order valence-electron chi connectivity index (χ3n) is 2.77. The second kappa shape index (κ2) is 5.10. The van der Waals surface area contributed by atoms with E-state index in [2.05, 4.69) is 5.32 Å². The minimum absolute atomic E-state index is 0.0889. The molecule has 1 amide bonds. The van der Waals surface area contributed by atoms with E-state index in [-0.39, 0.29) is 28.7 Å². The van der Waals surface area contributed by atoms with E-state index in [1.54, 1.807) is 6.07 Å².